The van der Waals surface area contributed by atoms with Gasteiger partial charge < -0.3 is 20.7 Å². The first-order valence-corrected chi connectivity index (χ1v) is 9.35. The van der Waals surface area contributed by atoms with E-state index in [9.17, 15) is 4.79 Å². The number of carbonyl (C=O) groups excluding carboxylic acids is 1. The maximum Gasteiger partial charge on any atom is 0.241 e. The molecule has 5 nitrogen and oxygen atoms in total. The Labute approximate surface area is 164 Å². The SMILES string of the molecule is CCCN1CCC(NC(=O)C2(N)C3CCCOC3C2(C)C)CC1.Cl.Cl. The Morgan fingerprint density at radius 2 is 1.88 bits per heavy atom. The molecule has 1 aliphatic carbocycles. The maximum atomic E-state index is 13.0. The number of hydrogen-bond donors (Lipinski definition) is 2. The zero-order valence-electron chi connectivity index (χ0n) is 15.8. The van der Waals surface area contributed by atoms with E-state index in [0.29, 0.717) is 0 Å². The number of piperidine rings is 1. The van der Waals surface area contributed by atoms with Crippen LogP contribution in [0.25, 0.3) is 0 Å². The normalized spacial score (nSPS) is 34.7. The van der Waals surface area contributed by atoms with Crippen molar-refractivity contribution in [3.63, 3.8) is 0 Å². The highest BCUT2D eigenvalue weighted by atomic mass is 35.5. The minimum atomic E-state index is -0.779. The van der Waals surface area contributed by atoms with Crippen molar-refractivity contribution in [1.82, 2.24) is 10.2 Å². The van der Waals surface area contributed by atoms with E-state index < -0.39 is 5.54 Å². The highest BCUT2D eigenvalue weighted by molar-refractivity contribution is 5.89. The molecule has 1 saturated carbocycles. The highest BCUT2D eigenvalue weighted by Crippen LogP contribution is 2.57. The molecule has 3 fully saturated rings. The van der Waals surface area contributed by atoms with E-state index in [-0.39, 0.29) is 54.2 Å². The minimum Gasteiger partial charge on any atom is -0.377 e. The summed E-state index contributed by atoms with van der Waals surface area (Å²) in [5, 5.41) is 3.27. The van der Waals surface area contributed by atoms with Crippen molar-refractivity contribution >= 4 is 30.7 Å². The standard InChI is InChI=1S/C18H33N3O2.2ClH/c1-4-9-21-10-7-13(8-11-21)20-16(22)18(19)14-6-5-12-23-15(14)17(18,2)3;;/h13-15H,4-12,19H2,1-3H3,(H,20,22);2*1H. The maximum absolute atomic E-state index is 13.0. The number of nitrogens with one attached hydrogen (secondary N) is 1. The molecule has 0 aromatic rings. The van der Waals surface area contributed by atoms with Crippen molar-refractivity contribution in [3.8, 4) is 0 Å². The van der Waals surface area contributed by atoms with Crippen LogP contribution >= 0.6 is 24.8 Å². The van der Waals surface area contributed by atoms with E-state index in [1.165, 1.54) is 6.42 Å². The van der Waals surface area contributed by atoms with E-state index in [4.69, 9.17) is 10.5 Å². The number of nitrogens with two attached hydrogens (primary N) is 1. The number of nitrogens with zero attached hydrogens (tertiary/aromatic N) is 1. The molecular weight excluding hydrogens is 361 g/mol. The number of likely N-dealkylation sites (tertiary alicyclic amines) is 1. The predicted octanol–water partition coefficient (Wildman–Crippen LogP) is 2.35. The van der Waals surface area contributed by atoms with Crippen LogP contribution in [0.1, 0.15) is 52.9 Å². The lowest BCUT2D eigenvalue weighted by molar-refractivity contribution is -0.225. The molecule has 3 unspecified atom stereocenters. The van der Waals surface area contributed by atoms with Crippen LogP contribution in [-0.2, 0) is 9.53 Å². The fourth-order valence-electron chi connectivity index (χ4n) is 4.96. The topological polar surface area (TPSA) is 67.6 Å². The summed E-state index contributed by atoms with van der Waals surface area (Å²) in [6.07, 6.45) is 5.42. The van der Waals surface area contributed by atoms with Crippen molar-refractivity contribution in [2.24, 2.45) is 17.1 Å². The van der Waals surface area contributed by atoms with Crippen molar-refractivity contribution < 1.29 is 9.53 Å². The van der Waals surface area contributed by atoms with Crippen molar-refractivity contribution in [2.45, 2.75) is 70.6 Å². The zero-order chi connectivity index (χ0) is 16.7. The first kappa shape index (κ1) is 23.0. The molecule has 25 heavy (non-hydrogen) atoms. The van der Waals surface area contributed by atoms with Gasteiger partial charge in [0.1, 0.15) is 5.54 Å². The van der Waals surface area contributed by atoms with Crippen LogP contribution in [0.2, 0.25) is 0 Å². The quantitative estimate of drug-likeness (QED) is 0.766. The fraction of sp³-hybridized carbons (Fsp3) is 0.944. The summed E-state index contributed by atoms with van der Waals surface area (Å²) in [5.41, 5.74) is 5.60. The Morgan fingerprint density at radius 1 is 1.24 bits per heavy atom. The van der Waals surface area contributed by atoms with Crippen LogP contribution in [0.15, 0.2) is 0 Å². The summed E-state index contributed by atoms with van der Waals surface area (Å²) in [4.78, 5) is 15.5. The summed E-state index contributed by atoms with van der Waals surface area (Å²) >= 11 is 0. The van der Waals surface area contributed by atoms with E-state index in [1.54, 1.807) is 0 Å². The van der Waals surface area contributed by atoms with Crippen molar-refractivity contribution in [2.75, 3.05) is 26.2 Å². The molecule has 0 radical (unpaired) electrons. The van der Waals surface area contributed by atoms with Crippen LogP contribution < -0.4 is 11.1 Å². The van der Waals surface area contributed by atoms with Gasteiger partial charge in [0, 0.05) is 37.1 Å². The molecule has 3 atom stereocenters. The van der Waals surface area contributed by atoms with Gasteiger partial charge in [0.2, 0.25) is 5.91 Å². The second-order valence-electron chi connectivity index (χ2n) is 8.22. The van der Waals surface area contributed by atoms with Gasteiger partial charge in [0.25, 0.3) is 0 Å². The molecule has 0 spiro atoms. The lowest BCUT2D eigenvalue weighted by atomic mass is 9.46. The molecule has 7 heteroatoms. The van der Waals surface area contributed by atoms with Gasteiger partial charge in [-0.05, 0) is 38.6 Å². The highest BCUT2D eigenvalue weighted by Gasteiger charge is 2.70. The third-order valence-corrected chi connectivity index (χ3v) is 6.52. The number of halogens is 2. The van der Waals surface area contributed by atoms with Crippen LogP contribution in [0, 0.1) is 11.3 Å². The molecule has 3 rings (SSSR count). The molecule has 2 aliphatic heterocycles. The lowest BCUT2D eigenvalue weighted by Crippen LogP contribution is -2.82. The van der Waals surface area contributed by atoms with Crippen LogP contribution in [0.4, 0.5) is 0 Å². The molecule has 1 amide bonds. The Hall–Kier alpha value is -0.0700. The van der Waals surface area contributed by atoms with E-state index in [1.807, 2.05) is 0 Å². The third-order valence-electron chi connectivity index (χ3n) is 6.52. The van der Waals surface area contributed by atoms with E-state index >= 15 is 0 Å². The van der Waals surface area contributed by atoms with Gasteiger partial charge >= 0.3 is 0 Å². The smallest absolute Gasteiger partial charge is 0.241 e. The van der Waals surface area contributed by atoms with Gasteiger partial charge in [0.15, 0.2) is 0 Å². The molecule has 148 valence electrons. The monoisotopic (exact) mass is 395 g/mol. The van der Waals surface area contributed by atoms with Gasteiger partial charge in [0.05, 0.1) is 6.10 Å². The van der Waals surface area contributed by atoms with Gasteiger partial charge in [-0.2, -0.15) is 0 Å². The first-order chi connectivity index (χ1) is 10.9. The summed E-state index contributed by atoms with van der Waals surface area (Å²) in [7, 11) is 0. The predicted molar refractivity (Wildman–Crippen MR) is 106 cm³/mol. The number of fused-ring (bicyclic) bond motifs is 1. The molecule has 0 aromatic heterocycles. The molecule has 3 N–H and O–H groups in total. The molecule has 0 aromatic carbocycles. The van der Waals surface area contributed by atoms with Crippen LogP contribution in [0.5, 0.6) is 0 Å². The van der Waals surface area contributed by atoms with Crippen molar-refractivity contribution in [3.05, 3.63) is 0 Å². The number of amides is 1. The molecule has 3 aliphatic rings. The van der Waals surface area contributed by atoms with Gasteiger partial charge in [-0.25, -0.2) is 0 Å². The largest absolute Gasteiger partial charge is 0.377 e. The van der Waals surface area contributed by atoms with Gasteiger partial charge in [-0.15, -0.1) is 24.8 Å². The van der Waals surface area contributed by atoms with Crippen LogP contribution in [-0.4, -0.2) is 54.7 Å². The Kier molecular flexibility index (Phi) is 8.04. The zero-order valence-corrected chi connectivity index (χ0v) is 17.4. The Balaban J connectivity index is 0.00000156. The summed E-state index contributed by atoms with van der Waals surface area (Å²) < 4.78 is 5.90. The van der Waals surface area contributed by atoms with Crippen molar-refractivity contribution in [1.29, 1.82) is 0 Å². The lowest BCUT2D eigenvalue weighted by Gasteiger charge is -2.65. The average molecular weight is 396 g/mol. The van der Waals surface area contributed by atoms with Crippen LogP contribution in [0.3, 0.4) is 0 Å². The van der Waals surface area contributed by atoms with E-state index in [0.717, 1.165) is 51.9 Å². The first-order valence-electron chi connectivity index (χ1n) is 9.35. The van der Waals surface area contributed by atoms with Gasteiger partial charge in [-0.3, -0.25) is 4.79 Å². The molecule has 2 saturated heterocycles. The molecular formula is C18H35Cl2N3O2. The third kappa shape index (κ3) is 3.81. The average Bonchev–Trinajstić information content (AvgIpc) is 2.56. The number of hydrogen-bond acceptors (Lipinski definition) is 4. The molecule has 2 heterocycles. The summed E-state index contributed by atoms with van der Waals surface area (Å²) in [5.74, 6) is 0.217. The number of ether oxygens (including phenoxy) is 1. The van der Waals surface area contributed by atoms with Gasteiger partial charge in [-0.1, -0.05) is 20.8 Å². The Bertz CT molecular complexity index is 456. The molecule has 0 bridgehead atoms. The number of rotatable bonds is 4. The summed E-state index contributed by atoms with van der Waals surface area (Å²) in [6.45, 7) is 10.5. The second kappa shape index (κ2) is 8.75. The fourth-order valence-corrected chi connectivity index (χ4v) is 4.96. The summed E-state index contributed by atoms with van der Waals surface area (Å²) in [6, 6.07) is 0.274. The minimum absolute atomic E-state index is 0. The Morgan fingerprint density at radius 3 is 2.48 bits per heavy atom. The number of carbonyl (C=O) groups is 1. The second-order valence-corrected chi connectivity index (χ2v) is 8.22. The van der Waals surface area contributed by atoms with E-state index in [2.05, 4.69) is 31.0 Å².